The Morgan fingerprint density at radius 3 is 3.24 bits per heavy atom. The second kappa shape index (κ2) is 4.96. The number of nitrogens with one attached hydrogen (secondary N) is 1. The molecular weight excluding hydrogens is 246 g/mol. The van der Waals surface area contributed by atoms with E-state index in [1.54, 1.807) is 13.0 Å². The molecule has 0 saturated heterocycles. The fourth-order valence-corrected chi connectivity index (χ4v) is 1.46. The Labute approximate surface area is 102 Å². The van der Waals surface area contributed by atoms with Crippen molar-refractivity contribution in [2.75, 3.05) is 18.5 Å². The first-order chi connectivity index (χ1) is 8.20. The standard InChI is InChI=1S/C9H10ClN5O2/c1-2-17-8(16)4-11-7-3-6(10)14-9-12-5-13-15(7)9/h3,5,11H,2,4H2,1H3. The number of halogens is 1. The Bertz CT molecular complexity index is 541. The average Bonchev–Trinajstić information content (AvgIpc) is 2.74. The van der Waals surface area contributed by atoms with Gasteiger partial charge in [0.15, 0.2) is 0 Å². The average molecular weight is 256 g/mol. The largest absolute Gasteiger partial charge is 0.465 e. The van der Waals surface area contributed by atoms with Gasteiger partial charge in [0.2, 0.25) is 0 Å². The van der Waals surface area contributed by atoms with Crippen molar-refractivity contribution < 1.29 is 9.53 Å². The van der Waals surface area contributed by atoms with Crippen molar-refractivity contribution in [3.8, 4) is 0 Å². The number of anilines is 1. The van der Waals surface area contributed by atoms with E-state index in [0.717, 1.165) is 0 Å². The third-order valence-electron chi connectivity index (χ3n) is 1.94. The van der Waals surface area contributed by atoms with Crippen molar-refractivity contribution in [1.82, 2.24) is 19.6 Å². The highest BCUT2D eigenvalue weighted by molar-refractivity contribution is 6.29. The molecule has 0 fully saturated rings. The van der Waals surface area contributed by atoms with Crippen molar-refractivity contribution in [3.05, 3.63) is 17.5 Å². The van der Waals surface area contributed by atoms with Gasteiger partial charge < -0.3 is 10.1 Å². The van der Waals surface area contributed by atoms with Crippen LogP contribution in [-0.4, -0.2) is 38.7 Å². The highest BCUT2D eigenvalue weighted by atomic mass is 35.5. The van der Waals surface area contributed by atoms with Gasteiger partial charge in [-0.15, -0.1) is 0 Å². The molecule has 0 radical (unpaired) electrons. The molecule has 0 aliphatic heterocycles. The summed E-state index contributed by atoms with van der Waals surface area (Å²) in [6, 6.07) is 1.56. The molecule has 17 heavy (non-hydrogen) atoms. The second-order valence-corrected chi connectivity index (χ2v) is 3.48. The van der Waals surface area contributed by atoms with Crippen LogP contribution in [0.15, 0.2) is 12.4 Å². The van der Waals surface area contributed by atoms with Crippen molar-refractivity contribution in [3.63, 3.8) is 0 Å². The van der Waals surface area contributed by atoms with Crippen LogP contribution in [0.25, 0.3) is 5.78 Å². The maximum absolute atomic E-state index is 11.2. The maximum atomic E-state index is 11.2. The van der Waals surface area contributed by atoms with Crippen LogP contribution in [-0.2, 0) is 9.53 Å². The molecule has 0 saturated carbocycles. The van der Waals surface area contributed by atoms with Crippen molar-refractivity contribution in [2.24, 2.45) is 0 Å². The first kappa shape index (κ1) is 11.6. The molecular formula is C9H10ClN5O2. The van der Waals surface area contributed by atoms with E-state index in [1.807, 2.05) is 0 Å². The van der Waals surface area contributed by atoms with Crippen LogP contribution in [0.2, 0.25) is 5.15 Å². The number of rotatable bonds is 4. The van der Waals surface area contributed by atoms with Crippen LogP contribution in [0, 0.1) is 0 Å². The number of carbonyl (C=O) groups excluding carboxylic acids is 1. The molecule has 0 aromatic carbocycles. The van der Waals surface area contributed by atoms with Crippen molar-refractivity contribution in [1.29, 1.82) is 0 Å². The number of hydrogen-bond acceptors (Lipinski definition) is 6. The number of nitrogens with zero attached hydrogens (tertiary/aromatic N) is 4. The second-order valence-electron chi connectivity index (χ2n) is 3.09. The Morgan fingerprint density at radius 1 is 1.65 bits per heavy atom. The summed E-state index contributed by atoms with van der Waals surface area (Å²) in [4.78, 5) is 19.1. The Hall–Kier alpha value is -1.89. The summed E-state index contributed by atoms with van der Waals surface area (Å²) in [5.41, 5.74) is 0. The number of hydrogen-bond donors (Lipinski definition) is 1. The van der Waals surface area contributed by atoms with Crippen LogP contribution in [0.3, 0.4) is 0 Å². The Balaban J connectivity index is 2.17. The number of esters is 1. The van der Waals surface area contributed by atoms with Crippen molar-refractivity contribution >= 4 is 29.2 Å². The molecule has 2 aromatic rings. The summed E-state index contributed by atoms with van der Waals surface area (Å²) >= 11 is 5.81. The van der Waals surface area contributed by atoms with Gasteiger partial charge in [0.1, 0.15) is 23.8 Å². The fraction of sp³-hybridized carbons (Fsp3) is 0.333. The molecule has 90 valence electrons. The molecule has 0 aliphatic rings. The molecule has 8 heteroatoms. The molecule has 2 rings (SSSR count). The molecule has 0 bridgehead atoms. The highest BCUT2D eigenvalue weighted by Crippen LogP contribution is 2.13. The molecule has 0 aliphatic carbocycles. The number of fused-ring (bicyclic) bond motifs is 1. The lowest BCUT2D eigenvalue weighted by molar-refractivity contribution is -0.140. The predicted molar refractivity (Wildman–Crippen MR) is 60.9 cm³/mol. The molecule has 2 heterocycles. The molecule has 2 aromatic heterocycles. The van der Waals surface area contributed by atoms with E-state index in [-0.39, 0.29) is 17.7 Å². The van der Waals surface area contributed by atoms with Crippen LogP contribution in [0.4, 0.5) is 5.82 Å². The minimum absolute atomic E-state index is 0.0309. The minimum atomic E-state index is -0.353. The summed E-state index contributed by atoms with van der Waals surface area (Å²) < 4.78 is 6.24. The van der Waals surface area contributed by atoms with Gasteiger partial charge in [0, 0.05) is 6.07 Å². The number of carbonyl (C=O) groups is 1. The summed E-state index contributed by atoms with van der Waals surface area (Å²) in [5, 5.41) is 7.09. The SMILES string of the molecule is CCOC(=O)CNc1cc(Cl)nc2ncnn12. The third kappa shape index (κ3) is 2.62. The molecule has 0 unspecified atom stereocenters. The molecule has 0 spiro atoms. The Kier molecular flexibility index (Phi) is 3.38. The van der Waals surface area contributed by atoms with E-state index in [0.29, 0.717) is 18.2 Å². The Morgan fingerprint density at radius 2 is 2.47 bits per heavy atom. The predicted octanol–water partition coefficient (Wildman–Crippen LogP) is 0.753. The van der Waals surface area contributed by atoms with E-state index in [4.69, 9.17) is 16.3 Å². The van der Waals surface area contributed by atoms with Gasteiger partial charge in [0.05, 0.1) is 6.61 Å². The molecule has 0 atom stereocenters. The number of aromatic nitrogens is 4. The molecule has 1 N–H and O–H groups in total. The molecule has 0 amide bonds. The maximum Gasteiger partial charge on any atom is 0.325 e. The van der Waals surface area contributed by atoms with Crippen LogP contribution < -0.4 is 5.32 Å². The van der Waals surface area contributed by atoms with Gasteiger partial charge in [-0.05, 0) is 6.92 Å². The lowest BCUT2D eigenvalue weighted by Gasteiger charge is -2.07. The normalized spacial score (nSPS) is 10.5. The summed E-state index contributed by atoms with van der Waals surface area (Å²) in [7, 11) is 0. The van der Waals surface area contributed by atoms with Crippen LogP contribution >= 0.6 is 11.6 Å². The zero-order valence-corrected chi connectivity index (χ0v) is 9.81. The summed E-state index contributed by atoms with van der Waals surface area (Å²) in [5.74, 6) is 0.545. The van der Waals surface area contributed by atoms with Gasteiger partial charge >= 0.3 is 5.97 Å². The fourth-order valence-electron chi connectivity index (χ4n) is 1.28. The van der Waals surface area contributed by atoms with Gasteiger partial charge in [-0.1, -0.05) is 11.6 Å². The number of ether oxygens (including phenoxy) is 1. The van der Waals surface area contributed by atoms with E-state index >= 15 is 0 Å². The zero-order valence-electron chi connectivity index (χ0n) is 9.05. The van der Waals surface area contributed by atoms with Crippen molar-refractivity contribution in [2.45, 2.75) is 6.92 Å². The smallest absolute Gasteiger partial charge is 0.325 e. The first-order valence-corrected chi connectivity index (χ1v) is 5.34. The summed E-state index contributed by atoms with van der Waals surface area (Å²) in [6.07, 6.45) is 1.36. The zero-order chi connectivity index (χ0) is 12.3. The highest BCUT2D eigenvalue weighted by Gasteiger charge is 2.08. The minimum Gasteiger partial charge on any atom is -0.465 e. The van der Waals surface area contributed by atoms with E-state index < -0.39 is 0 Å². The van der Waals surface area contributed by atoms with Gasteiger partial charge in [0.25, 0.3) is 5.78 Å². The van der Waals surface area contributed by atoms with Crippen LogP contribution in [0.5, 0.6) is 0 Å². The van der Waals surface area contributed by atoms with Gasteiger partial charge in [-0.3, -0.25) is 4.79 Å². The van der Waals surface area contributed by atoms with E-state index in [9.17, 15) is 4.79 Å². The monoisotopic (exact) mass is 255 g/mol. The quantitative estimate of drug-likeness (QED) is 0.641. The van der Waals surface area contributed by atoms with Crippen LogP contribution in [0.1, 0.15) is 6.92 Å². The lowest BCUT2D eigenvalue weighted by Crippen LogP contribution is -2.18. The van der Waals surface area contributed by atoms with E-state index in [1.165, 1.54) is 10.8 Å². The first-order valence-electron chi connectivity index (χ1n) is 4.96. The lowest BCUT2D eigenvalue weighted by atomic mass is 10.5. The molecule has 7 nitrogen and oxygen atoms in total. The third-order valence-corrected chi connectivity index (χ3v) is 2.13. The van der Waals surface area contributed by atoms with E-state index in [2.05, 4.69) is 20.4 Å². The van der Waals surface area contributed by atoms with Gasteiger partial charge in [-0.2, -0.15) is 19.6 Å². The summed E-state index contributed by atoms with van der Waals surface area (Å²) in [6.45, 7) is 2.12. The van der Waals surface area contributed by atoms with Gasteiger partial charge in [-0.25, -0.2) is 0 Å². The topological polar surface area (TPSA) is 81.4 Å².